The van der Waals surface area contributed by atoms with Crippen LogP contribution in [0.25, 0.3) is 22.7 Å². The van der Waals surface area contributed by atoms with E-state index in [1.54, 1.807) is 18.7 Å². The Morgan fingerprint density at radius 3 is 2.65 bits per heavy atom. The summed E-state index contributed by atoms with van der Waals surface area (Å²) >= 11 is 0. The fourth-order valence-corrected chi connectivity index (χ4v) is 3.33. The second-order valence-electron chi connectivity index (χ2n) is 7.07. The summed E-state index contributed by atoms with van der Waals surface area (Å²) in [7, 11) is 0. The fourth-order valence-electron chi connectivity index (χ4n) is 3.33. The average Bonchev–Trinajstić information content (AvgIpc) is 3.44. The summed E-state index contributed by atoms with van der Waals surface area (Å²) in [5.41, 5.74) is 4.23. The molecule has 0 radical (unpaired) electrons. The Labute approximate surface area is 178 Å². The first kappa shape index (κ1) is 18.7. The molecule has 8 heteroatoms. The first-order valence-electron chi connectivity index (χ1n) is 9.81. The average molecular weight is 409 g/mol. The van der Waals surface area contributed by atoms with Gasteiger partial charge in [0.25, 0.3) is 5.91 Å². The quantitative estimate of drug-likeness (QED) is 0.481. The zero-order valence-corrected chi connectivity index (χ0v) is 16.8. The Bertz CT molecular complexity index is 1350. The number of carbonyl (C=O) groups is 1. The lowest BCUT2D eigenvalue weighted by molar-refractivity contribution is 0.0947. The van der Waals surface area contributed by atoms with E-state index < -0.39 is 0 Å². The summed E-state index contributed by atoms with van der Waals surface area (Å²) in [4.78, 5) is 30.5. The van der Waals surface area contributed by atoms with Crippen LogP contribution in [0.5, 0.6) is 0 Å². The van der Waals surface area contributed by atoms with Gasteiger partial charge in [0.05, 0.1) is 29.6 Å². The number of imidazole rings is 2. The van der Waals surface area contributed by atoms with Gasteiger partial charge < -0.3 is 9.88 Å². The molecule has 0 aliphatic rings. The second kappa shape index (κ2) is 7.83. The van der Waals surface area contributed by atoms with Gasteiger partial charge in [0.2, 0.25) is 0 Å². The van der Waals surface area contributed by atoms with Crippen molar-refractivity contribution in [3.8, 4) is 17.2 Å². The van der Waals surface area contributed by atoms with E-state index >= 15 is 0 Å². The molecule has 0 saturated carbocycles. The third kappa shape index (κ3) is 3.66. The predicted molar refractivity (Wildman–Crippen MR) is 116 cm³/mol. The maximum Gasteiger partial charge on any atom is 0.272 e. The minimum atomic E-state index is -0.278. The number of pyridine rings is 1. The van der Waals surface area contributed by atoms with Crippen molar-refractivity contribution >= 4 is 11.4 Å². The molecule has 0 atom stereocenters. The molecule has 0 bridgehead atoms. The standard InChI is InChI=1S/C23H19N7O/c1-16-11-25-17(12-24-16)13-26-23(31)21-20-9-5-6-10-30(20)22(28-21)19-14-29(15-27-19)18-7-3-2-4-8-18/h2-12,14-15H,13H2,1H3,(H,26,31). The van der Waals surface area contributed by atoms with Gasteiger partial charge in [0.15, 0.2) is 11.5 Å². The van der Waals surface area contributed by atoms with E-state index in [2.05, 4.69) is 25.3 Å². The van der Waals surface area contributed by atoms with Crippen molar-refractivity contribution in [2.45, 2.75) is 13.5 Å². The summed E-state index contributed by atoms with van der Waals surface area (Å²) < 4.78 is 3.80. The Morgan fingerprint density at radius 1 is 1.00 bits per heavy atom. The molecule has 5 aromatic rings. The van der Waals surface area contributed by atoms with Gasteiger partial charge in [0.1, 0.15) is 12.0 Å². The maximum absolute atomic E-state index is 12.9. The normalized spacial score (nSPS) is 11.0. The van der Waals surface area contributed by atoms with Gasteiger partial charge >= 0.3 is 0 Å². The highest BCUT2D eigenvalue weighted by molar-refractivity contribution is 5.99. The van der Waals surface area contributed by atoms with Crippen LogP contribution in [-0.4, -0.2) is 34.8 Å². The summed E-state index contributed by atoms with van der Waals surface area (Å²) in [6.45, 7) is 2.14. The molecule has 0 saturated heterocycles. The number of aromatic nitrogens is 6. The van der Waals surface area contributed by atoms with Crippen LogP contribution in [0.2, 0.25) is 0 Å². The third-order valence-electron chi connectivity index (χ3n) is 4.89. The number of benzene rings is 1. The number of para-hydroxylation sites is 1. The molecule has 31 heavy (non-hydrogen) atoms. The first-order chi connectivity index (χ1) is 15.2. The van der Waals surface area contributed by atoms with Crippen LogP contribution < -0.4 is 5.32 Å². The molecular formula is C23H19N7O. The SMILES string of the molecule is Cc1cnc(CNC(=O)c2nc(-c3cn(-c4ccccc4)cn3)n3ccccc23)cn1. The lowest BCUT2D eigenvalue weighted by Gasteiger charge is -2.03. The summed E-state index contributed by atoms with van der Waals surface area (Å²) in [5, 5.41) is 2.88. The largest absolute Gasteiger partial charge is 0.345 e. The number of nitrogens with zero attached hydrogens (tertiary/aromatic N) is 6. The number of nitrogens with one attached hydrogen (secondary N) is 1. The smallest absolute Gasteiger partial charge is 0.272 e. The molecule has 0 unspecified atom stereocenters. The summed E-state index contributed by atoms with van der Waals surface area (Å²) in [5.74, 6) is 0.324. The summed E-state index contributed by atoms with van der Waals surface area (Å²) in [6, 6.07) is 15.6. The van der Waals surface area contributed by atoms with E-state index in [4.69, 9.17) is 0 Å². The highest BCUT2D eigenvalue weighted by Gasteiger charge is 2.19. The van der Waals surface area contributed by atoms with Gasteiger partial charge in [-0.1, -0.05) is 24.3 Å². The predicted octanol–water partition coefficient (Wildman–Crippen LogP) is 3.22. The molecule has 0 spiro atoms. The molecular weight excluding hydrogens is 390 g/mol. The van der Waals surface area contributed by atoms with Gasteiger partial charge in [-0.15, -0.1) is 0 Å². The number of hydrogen-bond acceptors (Lipinski definition) is 5. The molecule has 1 aromatic carbocycles. The Kier molecular flexibility index (Phi) is 4.72. The highest BCUT2D eigenvalue weighted by atomic mass is 16.1. The molecule has 1 amide bonds. The van der Waals surface area contributed by atoms with Gasteiger partial charge in [-0.05, 0) is 31.2 Å². The van der Waals surface area contributed by atoms with Crippen LogP contribution in [-0.2, 0) is 6.54 Å². The molecule has 152 valence electrons. The number of fused-ring (bicyclic) bond motifs is 1. The topological polar surface area (TPSA) is 90.0 Å². The minimum absolute atomic E-state index is 0.274. The van der Waals surface area contributed by atoms with Crippen molar-refractivity contribution in [3.05, 3.63) is 96.7 Å². The lowest BCUT2D eigenvalue weighted by atomic mass is 10.3. The summed E-state index contributed by atoms with van der Waals surface area (Å²) in [6.07, 6.45) is 8.85. The Balaban J connectivity index is 1.46. The fraction of sp³-hybridized carbons (Fsp3) is 0.0870. The number of rotatable bonds is 5. The molecule has 4 aromatic heterocycles. The van der Waals surface area contributed by atoms with Crippen molar-refractivity contribution < 1.29 is 4.79 Å². The highest BCUT2D eigenvalue weighted by Crippen LogP contribution is 2.22. The van der Waals surface area contributed by atoms with Crippen LogP contribution in [0.3, 0.4) is 0 Å². The zero-order valence-electron chi connectivity index (χ0n) is 16.8. The maximum atomic E-state index is 12.9. The van der Waals surface area contributed by atoms with E-state index in [0.717, 1.165) is 11.4 Å². The van der Waals surface area contributed by atoms with Crippen molar-refractivity contribution in [2.24, 2.45) is 0 Å². The third-order valence-corrected chi connectivity index (χ3v) is 4.89. The second-order valence-corrected chi connectivity index (χ2v) is 7.07. The van der Waals surface area contributed by atoms with Gasteiger partial charge in [-0.3, -0.25) is 19.2 Å². The first-order valence-corrected chi connectivity index (χ1v) is 9.81. The number of carbonyl (C=O) groups excluding carboxylic acids is 1. The van der Waals surface area contributed by atoms with Crippen LogP contribution >= 0.6 is 0 Å². The van der Waals surface area contributed by atoms with E-state index in [1.807, 2.05) is 76.8 Å². The monoisotopic (exact) mass is 409 g/mol. The van der Waals surface area contributed by atoms with Crippen LogP contribution in [0.15, 0.2) is 79.6 Å². The van der Waals surface area contributed by atoms with Gasteiger partial charge in [-0.25, -0.2) is 9.97 Å². The Hall–Kier alpha value is -4.33. The molecule has 5 rings (SSSR count). The van der Waals surface area contributed by atoms with Crippen molar-refractivity contribution in [2.75, 3.05) is 0 Å². The minimum Gasteiger partial charge on any atom is -0.345 e. The van der Waals surface area contributed by atoms with Crippen LogP contribution in [0.4, 0.5) is 0 Å². The van der Waals surface area contributed by atoms with Gasteiger partial charge in [-0.2, -0.15) is 0 Å². The molecule has 1 N–H and O–H groups in total. The number of aryl methyl sites for hydroxylation is 1. The van der Waals surface area contributed by atoms with E-state index in [-0.39, 0.29) is 12.5 Å². The molecule has 0 aliphatic heterocycles. The molecule has 8 nitrogen and oxygen atoms in total. The molecule has 0 aliphatic carbocycles. The van der Waals surface area contributed by atoms with Gasteiger partial charge in [0, 0.05) is 24.3 Å². The van der Waals surface area contributed by atoms with E-state index in [1.165, 1.54) is 0 Å². The van der Waals surface area contributed by atoms with E-state index in [9.17, 15) is 4.79 Å². The lowest BCUT2D eigenvalue weighted by Crippen LogP contribution is -2.24. The number of hydrogen-bond donors (Lipinski definition) is 1. The Morgan fingerprint density at radius 2 is 1.84 bits per heavy atom. The van der Waals surface area contributed by atoms with Crippen molar-refractivity contribution in [3.63, 3.8) is 0 Å². The van der Waals surface area contributed by atoms with Crippen molar-refractivity contribution in [1.82, 2.24) is 34.2 Å². The molecule has 0 fully saturated rings. The zero-order chi connectivity index (χ0) is 21.2. The van der Waals surface area contributed by atoms with E-state index in [0.29, 0.717) is 28.4 Å². The number of amides is 1. The van der Waals surface area contributed by atoms with Crippen LogP contribution in [0, 0.1) is 6.92 Å². The molecule has 4 heterocycles. The van der Waals surface area contributed by atoms with Crippen LogP contribution in [0.1, 0.15) is 21.9 Å². The van der Waals surface area contributed by atoms with Crippen molar-refractivity contribution in [1.29, 1.82) is 0 Å².